The Labute approximate surface area is 111 Å². The van der Waals surface area contributed by atoms with Crippen LogP contribution in [0.1, 0.15) is 92.4 Å². The second kappa shape index (κ2) is 11.1. The summed E-state index contributed by atoms with van der Waals surface area (Å²) in [4.78, 5) is 0. The Bertz CT molecular complexity index is 150. The third-order valence-electron chi connectivity index (χ3n) is 4.47. The zero-order chi connectivity index (χ0) is 13.1. The van der Waals surface area contributed by atoms with Crippen LogP contribution >= 0.6 is 0 Å². The van der Waals surface area contributed by atoms with Crippen molar-refractivity contribution in [3.05, 3.63) is 0 Å². The summed E-state index contributed by atoms with van der Waals surface area (Å²) in [6, 6.07) is 0. The summed E-state index contributed by atoms with van der Waals surface area (Å²) in [5, 5.41) is 0. The zero-order valence-corrected chi connectivity index (χ0v) is 13.1. The van der Waals surface area contributed by atoms with Gasteiger partial charge in [0.25, 0.3) is 0 Å². The maximum atomic E-state index is 2.49. The van der Waals surface area contributed by atoms with Gasteiger partial charge in [-0.25, -0.2) is 0 Å². The molecule has 0 heteroatoms. The van der Waals surface area contributed by atoms with Crippen LogP contribution in [0, 0.1) is 17.8 Å². The number of rotatable bonds is 11. The first-order valence-electron chi connectivity index (χ1n) is 8.15. The molecule has 104 valence electrons. The van der Waals surface area contributed by atoms with Crippen LogP contribution < -0.4 is 0 Å². The van der Waals surface area contributed by atoms with Crippen LogP contribution in [0.25, 0.3) is 0 Å². The monoisotopic (exact) mass is 240 g/mol. The predicted molar refractivity (Wildman–Crippen MR) is 80.4 cm³/mol. The summed E-state index contributed by atoms with van der Waals surface area (Å²) in [6.07, 6.45) is 12.8. The molecule has 0 aromatic rings. The molecule has 0 spiro atoms. The predicted octanol–water partition coefficient (Wildman–Crippen LogP) is 6.45. The van der Waals surface area contributed by atoms with E-state index in [0.29, 0.717) is 0 Å². The van der Waals surface area contributed by atoms with Crippen molar-refractivity contribution in [2.24, 2.45) is 17.8 Å². The Kier molecular flexibility index (Phi) is 11.1. The minimum Gasteiger partial charge on any atom is -0.0654 e. The first-order valence-corrected chi connectivity index (χ1v) is 8.15. The molecule has 0 rings (SSSR count). The molecule has 0 N–H and O–H groups in total. The summed E-state index contributed by atoms with van der Waals surface area (Å²) < 4.78 is 0. The third-order valence-corrected chi connectivity index (χ3v) is 4.47. The quantitative estimate of drug-likeness (QED) is 0.389. The fourth-order valence-corrected chi connectivity index (χ4v) is 2.64. The lowest BCUT2D eigenvalue weighted by Gasteiger charge is -2.25. The molecule has 0 saturated heterocycles. The largest absolute Gasteiger partial charge is 0.0654 e. The average Bonchev–Trinajstić information content (AvgIpc) is 2.35. The van der Waals surface area contributed by atoms with Crippen molar-refractivity contribution in [2.45, 2.75) is 92.4 Å². The number of hydrogen-bond donors (Lipinski definition) is 0. The smallest absolute Gasteiger partial charge is 0.0388 e. The topological polar surface area (TPSA) is 0 Å². The Hall–Kier alpha value is 0. The molecule has 0 amide bonds. The fourth-order valence-electron chi connectivity index (χ4n) is 2.64. The van der Waals surface area contributed by atoms with E-state index in [4.69, 9.17) is 0 Å². The molecule has 0 bridgehead atoms. The van der Waals surface area contributed by atoms with Gasteiger partial charge in [0.2, 0.25) is 0 Å². The van der Waals surface area contributed by atoms with E-state index in [0.717, 1.165) is 17.8 Å². The highest BCUT2D eigenvalue weighted by molar-refractivity contribution is 4.68. The third kappa shape index (κ3) is 8.69. The summed E-state index contributed by atoms with van der Waals surface area (Å²) in [5.74, 6) is 2.87. The highest BCUT2D eigenvalue weighted by Crippen LogP contribution is 2.29. The van der Waals surface area contributed by atoms with Crippen molar-refractivity contribution < 1.29 is 0 Å². The normalized spacial score (nSPS) is 16.8. The van der Waals surface area contributed by atoms with E-state index in [1.165, 1.54) is 57.8 Å². The molecular formula is C17H36. The molecule has 0 heterocycles. The second-order valence-corrected chi connectivity index (χ2v) is 6.11. The fraction of sp³-hybridized carbons (Fsp3) is 1.00. The highest BCUT2D eigenvalue weighted by Gasteiger charge is 2.17. The molecule has 0 aliphatic rings. The lowest BCUT2D eigenvalue weighted by molar-refractivity contribution is 0.266. The standard InChI is InChI=1S/C17H36/c1-6-9-11-16(5)17(12-10-7-2)14-13-15(4)8-3/h15-17H,6-14H2,1-5H3. The zero-order valence-electron chi connectivity index (χ0n) is 13.1. The van der Waals surface area contributed by atoms with Gasteiger partial charge < -0.3 is 0 Å². The molecule has 0 fully saturated rings. The van der Waals surface area contributed by atoms with E-state index in [2.05, 4.69) is 34.6 Å². The van der Waals surface area contributed by atoms with Gasteiger partial charge in [0, 0.05) is 0 Å². The first kappa shape index (κ1) is 17.0. The number of unbranched alkanes of at least 4 members (excludes halogenated alkanes) is 2. The van der Waals surface area contributed by atoms with Crippen molar-refractivity contribution in [2.75, 3.05) is 0 Å². The average molecular weight is 240 g/mol. The van der Waals surface area contributed by atoms with Crippen molar-refractivity contribution in [3.8, 4) is 0 Å². The van der Waals surface area contributed by atoms with E-state index in [-0.39, 0.29) is 0 Å². The maximum absolute atomic E-state index is 2.49. The lowest BCUT2D eigenvalue weighted by atomic mass is 9.81. The minimum absolute atomic E-state index is 0.928. The Balaban J connectivity index is 4.01. The Morgan fingerprint density at radius 3 is 1.82 bits per heavy atom. The van der Waals surface area contributed by atoms with Crippen LogP contribution in [-0.2, 0) is 0 Å². The van der Waals surface area contributed by atoms with Gasteiger partial charge in [-0.2, -0.15) is 0 Å². The van der Waals surface area contributed by atoms with E-state index in [9.17, 15) is 0 Å². The molecule has 0 saturated carbocycles. The maximum Gasteiger partial charge on any atom is -0.0388 e. The van der Waals surface area contributed by atoms with Crippen LogP contribution in [0.2, 0.25) is 0 Å². The second-order valence-electron chi connectivity index (χ2n) is 6.11. The van der Waals surface area contributed by atoms with Crippen LogP contribution in [0.15, 0.2) is 0 Å². The van der Waals surface area contributed by atoms with E-state index < -0.39 is 0 Å². The van der Waals surface area contributed by atoms with Gasteiger partial charge in [0.15, 0.2) is 0 Å². The Morgan fingerprint density at radius 1 is 0.706 bits per heavy atom. The molecule has 0 aromatic heterocycles. The highest BCUT2D eigenvalue weighted by atomic mass is 14.2. The van der Waals surface area contributed by atoms with Crippen molar-refractivity contribution in [1.29, 1.82) is 0 Å². The van der Waals surface area contributed by atoms with Crippen LogP contribution in [0.4, 0.5) is 0 Å². The van der Waals surface area contributed by atoms with Gasteiger partial charge in [-0.15, -0.1) is 0 Å². The minimum atomic E-state index is 0.928. The molecule has 0 radical (unpaired) electrons. The molecule has 3 atom stereocenters. The van der Waals surface area contributed by atoms with E-state index in [1.807, 2.05) is 0 Å². The van der Waals surface area contributed by atoms with Crippen molar-refractivity contribution in [3.63, 3.8) is 0 Å². The molecular weight excluding hydrogens is 204 g/mol. The van der Waals surface area contributed by atoms with Gasteiger partial charge in [-0.3, -0.25) is 0 Å². The van der Waals surface area contributed by atoms with Gasteiger partial charge >= 0.3 is 0 Å². The Morgan fingerprint density at radius 2 is 1.29 bits per heavy atom. The SMILES string of the molecule is CCCCC(C)C(CCCC)CCC(C)CC. The molecule has 0 aliphatic heterocycles. The van der Waals surface area contributed by atoms with Crippen LogP contribution in [0.3, 0.4) is 0 Å². The molecule has 17 heavy (non-hydrogen) atoms. The van der Waals surface area contributed by atoms with Crippen molar-refractivity contribution in [1.82, 2.24) is 0 Å². The summed E-state index contributed by atoms with van der Waals surface area (Å²) in [6.45, 7) is 11.9. The van der Waals surface area contributed by atoms with Gasteiger partial charge in [-0.05, 0) is 24.2 Å². The van der Waals surface area contributed by atoms with E-state index in [1.54, 1.807) is 0 Å². The lowest BCUT2D eigenvalue weighted by Crippen LogP contribution is -2.13. The van der Waals surface area contributed by atoms with E-state index >= 15 is 0 Å². The van der Waals surface area contributed by atoms with Crippen LogP contribution in [0.5, 0.6) is 0 Å². The number of hydrogen-bond acceptors (Lipinski definition) is 0. The summed E-state index contributed by atoms with van der Waals surface area (Å²) in [7, 11) is 0. The molecule has 3 unspecified atom stereocenters. The molecule has 0 nitrogen and oxygen atoms in total. The summed E-state index contributed by atoms with van der Waals surface area (Å²) >= 11 is 0. The van der Waals surface area contributed by atoms with Gasteiger partial charge in [0.1, 0.15) is 0 Å². The van der Waals surface area contributed by atoms with Gasteiger partial charge in [-0.1, -0.05) is 86.0 Å². The van der Waals surface area contributed by atoms with Crippen molar-refractivity contribution >= 4 is 0 Å². The van der Waals surface area contributed by atoms with Crippen LogP contribution in [-0.4, -0.2) is 0 Å². The first-order chi connectivity index (χ1) is 8.15. The van der Waals surface area contributed by atoms with Gasteiger partial charge in [0.05, 0.1) is 0 Å². The molecule has 0 aromatic carbocycles. The summed E-state index contributed by atoms with van der Waals surface area (Å²) in [5.41, 5.74) is 0. The molecule has 0 aliphatic carbocycles.